The molecule has 0 amide bonds. The van der Waals surface area contributed by atoms with E-state index in [4.69, 9.17) is 4.74 Å². The third-order valence-electron chi connectivity index (χ3n) is 3.14. The van der Waals surface area contributed by atoms with Gasteiger partial charge in [0.05, 0.1) is 12.5 Å². The molecule has 1 aliphatic rings. The molecule has 2 atom stereocenters. The maximum absolute atomic E-state index is 11.9. The lowest BCUT2D eigenvalue weighted by molar-refractivity contribution is -0.200. The molecule has 1 aromatic rings. The Bertz CT molecular complexity index is 464. The van der Waals surface area contributed by atoms with Crippen LogP contribution in [0.5, 0.6) is 0 Å². The van der Waals surface area contributed by atoms with Crippen LogP contribution in [0.25, 0.3) is 0 Å². The van der Waals surface area contributed by atoms with Crippen LogP contribution in [-0.2, 0) is 19.9 Å². The van der Waals surface area contributed by atoms with Crippen molar-refractivity contribution in [2.45, 2.75) is 12.5 Å². The number of carbonyl (C=O) groups excluding carboxylic acids is 2. The van der Waals surface area contributed by atoms with Gasteiger partial charge in [-0.25, -0.2) is 0 Å². The first kappa shape index (κ1) is 11.7. The fourth-order valence-electron chi connectivity index (χ4n) is 2.08. The standard InChI is InChI=1S/C14H14O3/c1-10(2)13(16)12-8-17-14(12,9-15)11-6-4-3-5-7-11/h3-7,9,12H,1,8H2,2H3. The predicted octanol–water partition coefficient (Wildman–Crippen LogP) is 1.87. The molecule has 88 valence electrons. The number of allylic oxidation sites excluding steroid dienone is 1. The van der Waals surface area contributed by atoms with E-state index < -0.39 is 11.5 Å². The SMILES string of the molecule is C=C(C)C(=O)C1COC1(C=O)c1ccccc1. The highest BCUT2D eigenvalue weighted by atomic mass is 16.5. The molecule has 0 radical (unpaired) electrons. The van der Waals surface area contributed by atoms with E-state index in [1.807, 2.05) is 18.2 Å². The summed E-state index contributed by atoms with van der Waals surface area (Å²) in [6, 6.07) is 9.10. The number of benzene rings is 1. The summed E-state index contributed by atoms with van der Waals surface area (Å²) in [5.74, 6) is -0.549. The molecule has 0 bridgehead atoms. The van der Waals surface area contributed by atoms with Crippen LogP contribution in [0, 0.1) is 5.92 Å². The van der Waals surface area contributed by atoms with Crippen molar-refractivity contribution < 1.29 is 14.3 Å². The van der Waals surface area contributed by atoms with Crippen molar-refractivity contribution in [3.63, 3.8) is 0 Å². The van der Waals surface area contributed by atoms with Crippen LogP contribution in [0.1, 0.15) is 12.5 Å². The Hall–Kier alpha value is -1.74. The molecule has 0 spiro atoms. The second kappa shape index (κ2) is 4.26. The maximum atomic E-state index is 11.9. The van der Waals surface area contributed by atoms with E-state index in [-0.39, 0.29) is 12.4 Å². The summed E-state index contributed by atoms with van der Waals surface area (Å²) in [7, 11) is 0. The van der Waals surface area contributed by atoms with Crippen LogP contribution in [0.3, 0.4) is 0 Å². The first-order valence-corrected chi connectivity index (χ1v) is 5.47. The number of hydrogen-bond acceptors (Lipinski definition) is 3. The molecule has 1 fully saturated rings. The summed E-state index contributed by atoms with van der Waals surface area (Å²) in [5, 5.41) is 0. The van der Waals surface area contributed by atoms with Gasteiger partial charge in [-0.2, -0.15) is 0 Å². The maximum Gasteiger partial charge on any atom is 0.167 e. The molecular weight excluding hydrogens is 216 g/mol. The summed E-state index contributed by atoms with van der Waals surface area (Å²) >= 11 is 0. The van der Waals surface area contributed by atoms with Crippen molar-refractivity contribution in [1.82, 2.24) is 0 Å². The molecule has 1 aromatic carbocycles. The Labute approximate surface area is 100 Å². The molecule has 0 aliphatic carbocycles. The average Bonchev–Trinajstić information content (AvgIpc) is 2.30. The lowest BCUT2D eigenvalue weighted by Crippen LogP contribution is -2.55. The van der Waals surface area contributed by atoms with Gasteiger partial charge < -0.3 is 4.74 Å². The Balaban J connectivity index is 2.37. The molecule has 3 nitrogen and oxygen atoms in total. The average molecular weight is 230 g/mol. The van der Waals surface area contributed by atoms with E-state index in [0.29, 0.717) is 5.57 Å². The van der Waals surface area contributed by atoms with Crippen molar-refractivity contribution in [1.29, 1.82) is 0 Å². The third kappa shape index (κ3) is 1.72. The fourth-order valence-corrected chi connectivity index (χ4v) is 2.08. The Morgan fingerprint density at radius 1 is 1.47 bits per heavy atom. The zero-order valence-electron chi connectivity index (χ0n) is 9.68. The number of hydrogen-bond donors (Lipinski definition) is 0. The number of carbonyl (C=O) groups is 2. The molecule has 2 rings (SSSR count). The third-order valence-corrected chi connectivity index (χ3v) is 3.14. The summed E-state index contributed by atoms with van der Waals surface area (Å²) in [6.07, 6.45) is 0.720. The zero-order valence-corrected chi connectivity index (χ0v) is 9.68. The topological polar surface area (TPSA) is 43.4 Å². The normalized spacial score (nSPS) is 27.0. The van der Waals surface area contributed by atoms with Crippen LogP contribution in [-0.4, -0.2) is 18.7 Å². The van der Waals surface area contributed by atoms with Gasteiger partial charge in [-0.05, 0) is 18.1 Å². The zero-order chi connectivity index (χ0) is 12.5. The minimum Gasteiger partial charge on any atom is -0.361 e. The van der Waals surface area contributed by atoms with E-state index in [1.165, 1.54) is 0 Å². The molecule has 0 saturated carbocycles. The predicted molar refractivity (Wildman–Crippen MR) is 63.4 cm³/mol. The molecular formula is C14H14O3. The summed E-state index contributed by atoms with van der Waals surface area (Å²) < 4.78 is 5.41. The van der Waals surface area contributed by atoms with Crippen LogP contribution < -0.4 is 0 Å². The van der Waals surface area contributed by atoms with E-state index in [0.717, 1.165) is 11.8 Å². The van der Waals surface area contributed by atoms with Gasteiger partial charge in [0.25, 0.3) is 0 Å². The van der Waals surface area contributed by atoms with Gasteiger partial charge in [-0.15, -0.1) is 0 Å². The van der Waals surface area contributed by atoms with Crippen molar-refractivity contribution >= 4 is 12.1 Å². The highest BCUT2D eigenvalue weighted by Crippen LogP contribution is 2.42. The van der Waals surface area contributed by atoms with Crippen molar-refractivity contribution in [2.75, 3.05) is 6.61 Å². The Morgan fingerprint density at radius 2 is 2.12 bits per heavy atom. The summed E-state index contributed by atoms with van der Waals surface area (Å²) in [6.45, 7) is 5.56. The summed E-state index contributed by atoms with van der Waals surface area (Å²) in [5.41, 5.74) is 0.0680. The smallest absolute Gasteiger partial charge is 0.167 e. The van der Waals surface area contributed by atoms with Crippen molar-refractivity contribution in [2.24, 2.45) is 5.92 Å². The van der Waals surface area contributed by atoms with Gasteiger partial charge in [0.15, 0.2) is 17.7 Å². The molecule has 1 aliphatic heterocycles. The van der Waals surface area contributed by atoms with Crippen molar-refractivity contribution in [3.05, 3.63) is 48.0 Å². The van der Waals surface area contributed by atoms with Gasteiger partial charge in [-0.1, -0.05) is 36.9 Å². The number of Topliss-reactive ketones (excluding diaryl/α,β-unsaturated/α-hetero) is 1. The van der Waals surface area contributed by atoms with Crippen LogP contribution in [0.2, 0.25) is 0 Å². The monoisotopic (exact) mass is 230 g/mol. The highest BCUT2D eigenvalue weighted by molar-refractivity contribution is 6.00. The number of aldehydes is 1. The molecule has 3 heteroatoms. The lowest BCUT2D eigenvalue weighted by atomic mass is 9.74. The fraction of sp³-hybridized carbons (Fsp3) is 0.286. The van der Waals surface area contributed by atoms with Gasteiger partial charge >= 0.3 is 0 Å². The van der Waals surface area contributed by atoms with Crippen molar-refractivity contribution in [3.8, 4) is 0 Å². The molecule has 1 saturated heterocycles. The minimum absolute atomic E-state index is 0.104. The molecule has 1 heterocycles. The summed E-state index contributed by atoms with van der Waals surface area (Å²) in [4.78, 5) is 23.3. The van der Waals surface area contributed by atoms with Crippen LogP contribution in [0.15, 0.2) is 42.5 Å². The van der Waals surface area contributed by atoms with Crippen LogP contribution >= 0.6 is 0 Å². The van der Waals surface area contributed by atoms with Gasteiger partial charge in [0.2, 0.25) is 0 Å². The Morgan fingerprint density at radius 3 is 2.53 bits per heavy atom. The van der Waals surface area contributed by atoms with Gasteiger partial charge in [0.1, 0.15) is 0 Å². The Kier molecular flexibility index (Phi) is 2.94. The molecule has 17 heavy (non-hydrogen) atoms. The first-order chi connectivity index (χ1) is 8.12. The highest BCUT2D eigenvalue weighted by Gasteiger charge is 2.53. The van der Waals surface area contributed by atoms with Gasteiger partial charge in [0, 0.05) is 0 Å². The van der Waals surface area contributed by atoms with E-state index in [2.05, 4.69) is 6.58 Å². The number of ether oxygens (including phenoxy) is 1. The quantitative estimate of drug-likeness (QED) is 0.586. The van der Waals surface area contributed by atoms with Crippen LogP contribution in [0.4, 0.5) is 0 Å². The molecule has 2 unspecified atom stereocenters. The largest absolute Gasteiger partial charge is 0.361 e. The molecule has 0 aromatic heterocycles. The van der Waals surface area contributed by atoms with E-state index in [1.54, 1.807) is 19.1 Å². The van der Waals surface area contributed by atoms with Gasteiger partial charge in [-0.3, -0.25) is 9.59 Å². The minimum atomic E-state index is -1.11. The molecule has 0 N–H and O–H groups in total. The van der Waals surface area contributed by atoms with E-state index >= 15 is 0 Å². The first-order valence-electron chi connectivity index (χ1n) is 5.47. The van der Waals surface area contributed by atoms with E-state index in [9.17, 15) is 9.59 Å². The lowest BCUT2D eigenvalue weighted by Gasteiger charge is -2.44. The second-order valence-electron chi connectivity index (χ2n) is 4.29. The second-order valence-corrected chi connectivity index (χ2v) is 4.29. The number of rotatable bonds is 4. The number of ketones is 1.